The fraction of sp³-hybridized carbons (Fsp3) is 0.526. The predicted octanol–water partition coefficient (Wildman–Crippen LogP) is 2.35. The highest BCUT2D eigenvalue weighted by Gasteiger charge is 2.31. The van der Waals surface area contributed by atoms with Gasteiger partial charge in [0.2, 0.25) is 17.6 Å². The van der Waals surface area contributed by atoms with E-state index >= 15 is 0 Å². The van der Waals surface area contributed by atoms with Crippen LogP contribution in [0.5, 0.6) is 5.75 Å². The molecule has 1 saturated carbocycles. The third kappa shape index (κ3) is 4.40. The number of ether oxygens (including phenoxy) is 1. The molecular formula is C19H25N3O4. The summed E-state index contributed by atoms with van der Waals surface area (Å²) < 4.78 is 10.3. The van der Waals surface area contributed by atoms with Crippen LogP contribution >= 0.6 is 0 Å². The fourth-order valence-corrected chi connectivity index (χ4v) is 3.36. The second-order valence-corrected chi connectivity index (χ2v) is 6.91. The van der Waals surface area contributed by atoms with E-state index in [2.05, 4.69) is 15.5 Å². The second-order valence-electron chi connectivity index (χ2n) is 6.91. The van der Waals surface area contributed by atoms with Crippen LogP contribution < -0.4 is 10.1 Å². The van der Waals surface area contributed by atoms with Crippen LogP contribution in [0.3, 0.4) is 0 Å². The van der Waals surface area contributed by atoms with Crippen LogP contribution in [0.4, 0.5) is 0 Å². The van der Waals surface area contributed by atoms with E-state index in [9.17, 15) is 9.90 Å². The number of hydrogen-bond donors (Lipinski definition) is 2. The summed E-state index contributed by atoms with van der Waals surface area (Å²) in [6, 6.07) is 7.30. The second kappa shape index (κ2) is 8.31. The molecule has 26 heavy (non-hydrogen) atoms. The van der Waals surface area contributed by atoms with Gasteiger partial charge in [0.05, 0.1) is 13.7 Å². The molecule has 7 nitrogen and oxygen atoms in total. The van der Waals surface area contributed by atoms with Crippen molar-refractivity contribution in [1.29, 1.82) is 0 Å². The zero-order valence-electron chi connectivity index (χ0n) is 15.0. The monoisotopic (exact) mass is 359 g/mol. The van der Waals surface area contributed by atoms with Crippen molar-refractivity contribution in [3.63, 3.8) is 0 Å². The lowest BCUT2D eigenvalue weighted by Crippen LogP contribution is -2.41. The molecule has 0 spiro atoms. The van der Waals surface area contributed by atoms with Crippen molar-refractivity contribution in [3.05, 3.63) is 30.2 Å². The third-order valence-corrected chi connectivity index (χ3v) is 5.04. The SMILES string of the molecule is COc1ccc(-c2noc(CC(=O)NCC3(CO)CCCCC3)n2)cc1. The first kappa shape index (κ1) is 18.4. The Labute approximate surface area is 152 Å². The Hall–Kier alpha value is -2.41. The molecule has 1 heterocycles. The highest BCUT2D eigenvalue weighted by molar-refractivity contribution is 5.77. The Morgan fingerprint density at radius 1 is 1.27 bits per heavy atom. The lowest BCUT2D eigenvalue weighted by molar-refractivity contribution is -0.121. The van der Waals surface area contributed by atoms with E-state index in [-0.39, 0.29) is 30.2 Å². The summed E-state index contributed by atoms with van der Waals surface area (Å²) in [6.45, 7) is 0.595. The molecule has 140 valence electrons. The maximum atomic E-state index is 12.2. The van der Waals surface area contributed by atoms with Gasteiger partial charge in [0, 0.05) is 17.5 Å². The maximum Gasteiger partial charge on any atom is 0.236 e. The van der Waals surface area contributed by atoms with Crippen molar-refractivity contribution >= 4 is 5.91 Å². The number of benzene rings is 1. The summed E-state index contributed by atoms with van der Waals surface area (Å²) >= 11 is 0. The van der Waals surface area contributed by atoms with E-state index in [1.807, 2.05) is 24.3 Å². The molecule has 0 atom stereocenters. The topological polar surface area (TPSA) is 97.5 Å². The number of carbonyl (C=O) groups excluding carboxylic acids is 1. The Morgan fingerprint density at radius 2 is 2.00 bits per heavy atom. The number of aliphatic hydroxyl groups is 1. The first-order chi connectivity index (χ1) is 12.6. The Balaban J connectivity index is 1.55. The number of methoxy groups -OCH3 is 1. The standard InChI is InChI=1S/C19H25N3O4/c1-25-15-7-5-14(6-8-15)18-21-17(26-22-18)11-16(24)20-12-19(13-23)9-3-2-4-10-19/h5-8,23H,2-4,9-13H2,1H3,(H,20,24). The van der Waals surface area contributed by atoms with Gasteiger partial charge < -0.3 is 19.7 Å². The van der Waals surface area contributed by atoms with Crippen LogP contribution in [0.2, 0.25) is 0 Å². The summed E-state index contributed by atoms with van der Waals surface area (Å²) in [5, 5.41) is 16.6. The maximum absolute atomic E-state index is 12.2. The largest absolute Gasteiger partial charge is 0.497 e. The van der Waals surface area contributed by atoms with E-state index in [1.165, 1.54) is 6.42 Å². The lowest BCUT2D eigenvalue weighted by Gasteiger charge is -2.35. The minimum absolute atomic E-state index is 0.0324. The number of carbonyl (C=O) groups is 1. The van der Waals surface area contributed by atoms with Crippen molar-refractivity contribution < 1.29 is 19.2 Å². The van der Waals surface area contributed by atoms with Gasteiger partial charge in [0.15, 0.2) is 0 Å². The number of aromatic nitrogens is 2. The molecule has 0 radical (unpaired) electrons. The van der Waals surface area contributed by atoms with Crippen LogP contribution in [0.1, 0.15) is 38.0 Å². The Bertz CT molecular complexity index is 721. The van der Waals surface area contributed by atoms with Crippen LogP contribution in [-0.4, -0.2) is 41.4 Å². The van der Waals surface area contributed by atoms with Gasteiger partial charge in [-0.1, -0.05) is 24.4 Å². The van der Waals surface area contributed by atoms with Crippen molar-refractivity contribution in [1.82, 2.24) is 15.5 Å². The van der Waals surface area contributed by atoms with Crippen molar-refractivity contribution in [2.45, 2.75) is 38.5 Å². The smallest absolute Gasteiger partial charge is 0.236 e. The first-order valence-electron chi connectivity index (χ1n) is 8.99. The molecule has 7 heteroatoms. The Morgan fingerprint density at radius 3 is 2.65 bits per heavy atom. The van der Waals surface area contributed by atoms with Crippen molar-refractivity contribution in [2.75, 3.05) is 20.3 Å². The third-order valence-electron chi connectivity index (χ3n) is 5.04. The summed E-state index contributed by atoms with van der Waals surface area (Å²) in [7, 11) is 1.61. The number of hydrogen-bond acceptors (Lipinski definition) is 6. The van der Waals surface area contributed by atoms with Crippen LogP contribution in [0, 0.1) is 5.41 Å². The van der Waals surface area contributed by atoms with Crippen molar-refractivity contribution in [2.24, 2.45) is 5.41 Å². The summed E-state index contributed by atoms with van der Waals surface area (Å²) in [4.78, 5) is 16.5. The molecule has 2 aromatic rings. The normalized spacial score (nSPS) is 16.2. The zero-order valence-corrected chi connectivity index (χ0v) is 15.0. The summed E-state index contributed by atoms with van der Waals surface area (Å²) in [5.74, 6) is 1.29. The first-order valence-corrected chi connectivity index (χ1v) is 8.99. The van der Waals surface area contributed by atoms with Crippen molar-refractivity contribution in [3.8, 4) is 17.1 Å². The number of rotatable bonds is 7. The molecule has 1 fully saturated rings. The van der Waals surface area contributed by atoms with Gasteiger partial charge in [0.1, 0.15) is 12.2 Å². The number of amides is 1. The number of nitrogens with zero attached hydrogens (tertiary/aromatic N) is 2. The molecule has 0 aliphatic heterocycles. The molecule has 1 aromatic heterocycles. The molecule has 0 saturated heterocycles. The van der Waals surface area contributed by atoms with E-state index in [0.29, 0.717) is 12.4 Å². The number of nitrogens with one attached hydrogen (secondary N) is 1. The van der Waals surface area contributed by atoms with E-state index in [1.54, 1.807) is 7.11 Å². The molecule has 1 aliphatic carbocycles. The van der Waals surface area contributed by atoms with Gasteiger partial charge in [-0.05, 0) is 37.1 Å². The molecule has 0 unspecified atom stereocenters. The predicted molar refractivity (Wildman–Crippen MR) is 95.6 cm³/mol. The van der Waals surface area contributed by atoms with E-state index in [4.69, 9.17) is 9.26 Å². The van der Waals surface area contributed by atoms with Crippen LogP contribution in [-0.2, 0) is 11.2 Å². The molecule has 1 amide bonds. The highest BCUT2D eigenvalue weighted by atomic mass is 16.5. The van der Waals surface area contributed by atoms with Crippen LogP contribution in [0.15, 0.2) is 28.8 Å². The molecule has 3 rings (SSSR count). The molecule has 1 aliphatic rings. The highest BCUT2D eigenvalue weighted by Crippen LogP contribution is 2.35. The van der Waals surface area contributed by atoms with Gasteiger partial charge in [-0.3, -0.25) is 4.79 Å². The van der Waals surface area contributed by atoms with Gasteiger partial charge in [-0.15, -0.1) is 0 Å². The fourth-order valence-electron chi connectivity index (χ4n) is 3.36. The summed E-state index contributed by atoms with van der Waals surface area (Å²) in [6.07, 6.45) is 5.34. The van der Waals surface area contributed by atoms with E-state index < -0.39 is 0 Å². The lowest BCUT2D eigenvalue weighted by atomic mass is 9.74. The minimum atomic E-state index is -0.184. The average Bonchev–Trinajstić information content (AvgIpc) is 3.15. The minimum Gasteiger partial charge on any atom is -0.497 e. The average molecular weight is 359 g/mol. The summed E-state index contributed by atoms with van der Waals surface area (Å²) in [5.41, 5.74) is 0.611. The molecule has 2 N–H and O–H groups in total. The van der Waals surface area contributed by atoms with Crippen LogP contribution in [0.25, 0.3) is 11.4 Å². The van der Waals surface area contributed by atoms with Gasteiger partial charge >= 0.3 is 0 Å². The van der Waals surface area contributed by atoms with Gasteiger partial charge in [-0.2, -0.15) is 4.98 Å². The molecular weight excluding hydrogens is 334 g/mol. The zero-order chi connectivity index (χ0) is 18.4. The van der Waals surface area contributed by atoms with E-state index in [0.717, 1.165) is 37.0 Å². The molecule has 1 aromatic carbocycles. The Kier molecular flexibility index (Phi) is 5.88. The number of aliphatic hydroxyl groups excluding tert-OH is 1. The van der Waals surface area contributed by atoms with Gasteiger partial charge in [-0.25, -0.2) is 0 Å². The quantitative estimate of drug-likeness (QED) is 0.787. The molecule has 0 bridgehead atoms. The van der Waals surface area contributed by atoms with Gasteiger partial charge in [0.25, 0.3) is 0 Å².